The fraction of sp³-hybridized carbons (Fsp3) is 0.321. The maximum Gasteiger partial charge on any atom is 0.217 e. The smallest absolute Gasteiger partial charge is 0.217 e. The molecule has 5 aromatic carbocycles. The summed E-state index contributed by atoms with van der Waals surface area (Å²) in [5, 5.41) is 4.78. The lowest BCUT2D eigenvalue weighted by atomic mass is 9.85. The topological polar surface area (TPSA) is 34.8 Å². The number of aryl methyl sites for hydroxylation is 1. The number of allylic oxidation sites excluding steroid dienone is 2. The van der Waals surface area contributed by atoms with Crippen molar-refractivity contribution in [2.45, 2.75) is 111 Å². The van der Waals surface area contributed by atoms with Gasteiger partial charge in [-0.25, -0.2) is 4.98 Å². The summed E-state index contributed by atoms with van der Waals surface area (Å²) in [7, 11) is 0. The van der Waals surface area contributed by atoms with Gasteiger partial charge in [0.2, 0.25) is 5.69 Å². The summed E-state index contributed by atoms with van der Waals surface area (Å²) in [5.74, 6) is 2.34. The van der Waals surface area contributed by atoms with Crippen LogP contribution in [0.3, 0.4) is 0 Å². The van der Waals surface area contributed by atoms with E-state index in [1.54, 1.807) is 0 Å². The van der Waals surface area contributed by atoms with Crippen LogP contribution in [0.1, 0.15) is 114 Å². The predicted molar refractivity (Wildman–Crippen MR) is 251 cm³/mol. The van der Waals surface area contributed by atoms with Gasteiger partial charge in [0.1, 0.15) is 17.0 Å². The number of aromatic nitrogens is 3. The van der Waals surface area contributed by atoms with Crippen molar-refractivity contribution >= 4 is 32.7 Å². The van der Waals surface area contributed by atoms with Crippen molar-refractivity contribution < 1.29 is 8.98 Å². The Labute approximate surface area is 356 Å². The number of nitrogens with zero attached hydrogens (tertiary/aromatic N) is 3. The van der Waals surface area contributed by atoms with Crippen molar-refractivity contribution in [2.24, 2.45) is 5.92 Å². The van der Waals surface area contributed by atoms with E-state index in [1.807, 2.05) is 6.20 Å². The molecule has 0 amide bonds. The maximum absolute atomic E-state index is 6.68. The highest BCUT2D eigenvalue weighted by molar-refractivity contribution is 6.10. The second kappa shape index (κ2) is 16.4. The zero-order chi connectivity index (χ0) is 41.5. The van der Waals surface area contributed by atoms with E-state index in [2.05, 4.69) is 185 Å². The summed E-state index contributed by atoms with van der Waals surface area (Å²) in [6.45, 7) is 17.1. The number of imidazole rings is 1. The monoisotopic (exact) mass is 790 g/mol. The van der Waals surface area contributed by atoms with Crippen LogP contribution in [0.4, 0.5) is 0 Å². The molecule has 3 unspecified atom stereocenters. The predicted octanol–water partition coefficient (Wildman–Crippen LogP) is 15.0. The highest BCUT2D eigenvalue weighted by Gasteiger charge is 2.59. The van der Waals surface area contributed by atoms with Crippen LogP contribution in [-0.4, -0.2) is 9.55 Å². The highest BCUT2D eigenvalue weighted by Crippen LogP contribution is 2.64. The van der Waals surface area contributed by atoms with E-state index in [0.29, 0.717) is 17.8 Å². The number of para-hydroxylation sites is 2. The molecule has 0 bridgehead atoms. The van der Waals surface area contributed by atoms with Gasteiger partial charge in [0, 0.05) is 45.6 Å². The highest BCUT2D eigenvalue weighted by atomic mass is 16.3. The molecule has 1 fully saturated rings. The minimum Gasteiger partial charge on any atom is -0.455 e. The molecular formula is C56H60N3O+. The molecule has 1 saturated carbocycles. The second-order valence-electron chi connectivity index (χ2n) is 17.6. The van der Waals surface area contributed by atoms with Gasteiger partial charge in [0.05, 0.1) is 11.3 Å². The number of pyridine rings is 1. The first kappa shape index (κ1) is 39.7. The van der Waals surface area contributed by atoms with Crippen LogP contribution >= 0.6 is 0 Å². The molecule has 3 heterocycles. The summed E-state index contributed by atoms with van der Waals surface area (Å²) < 4.78 is 11.6. The van der Waals surface area contributed by atoms with Gasteiger partial charge in [-0.05, 0) is 89.8 Å². The zero-order valence-corrected chi connectivity index (χ0v) is 36.6. The minimum atomic E-state index is -0.0673. The number of fused-ring (bicyclic) bond motifs is 4. The van der Waals surface area contributed by atoms with Gasteiger partial charge in [0.15, 0.2) is 12.7 Å². The van der Waals surface area contributed by atoms with Crippen LogP contribution in [0, 0.1) is 12.8 Å². The molecule has 0 saturated heterocycles. The van der Waals surface area contributed by atoms with Crippen LogP contribution in [0.25, 0.3) is 61.0 Å². The summed E-state index contributed by atoms with van der Waals surface area (Å²) in [6.07, 6.45) is 16.2. The molecule has 4 nitrogen and oxygen atoms in total. The maximum atomic E-state index is 6.68. The van der Waals surface area contributed by atoms with Gasteiger partial charge >= 0.3 is 0 Å². The Hall–Kier alpha value is -5.74. The van der Waals surface area contributed by atoms with Crippen molar-refractivity contribution in [3.8, 4) is 28.3 Å². The Balaban J connectivity index is 1.15. The Morgan fingerprint density at radius 1 is 0.817 bits per heavy atom. The molecule has 4 heteroatoms. The van der Waals surface area contributed by atoms with Crippen molar-refractivity contribution in [3.63, 3.8) is 0 Å². The molecule has 1 aliphatic carbocycles. The van der Waals surface area contributed by atoms with Gasteiger partial charge in [-0.15, -0.1) is 0 Å². The SMILES string of the molecule is CCCCCC(C)c1cccc(C(C)C)c1-n1ccnc1-c1ccccc1C1(CC)C(=CC[n+]2cc3ccccc3cc2-c2c(C)ccc3c2oc2ccccc23)C1CC. The lowest BCUT2D eigenvalue weighted by Crippen LogP contribution is -2.35. The van der Waals surface area contributed by atoms with Gasteiger partial charge in [0.25, 0.3) is 0 Å². The van der Waals surface area contributed by atoms with Crippen LogP contribution in [0.2, 0.25) is 0 Å². The van der Waals surface area contributed by atoms with Gasteiger partial charge in [-0.3, -0.25) is 4.57 Å². The molecule has 3 aromatic heterocycles. The molecule has 0 aliphatic heterocycles. The summed E-state index contributed by atoms with van der Waals surface area (Å²) in [6, 6.07) is 40.1. The van der Waals surface area contributed by atoms with Gasteiger partial charge < -0.3 is 4.42 Å². The summed E-state index contributed by atoms with van der Waals surface area (Å²) in [4.78, 5) is 5.20. The number of hydrogen-bond donors (Lipinski definition) is 0. The third-order valence-electron chi connectivity index (χ3n) is 13.8. The van der Waals surface area contributed by atoms with E-state index in [-0.39, 0.29) is 5.41 Å². The number of rotatable bonds is 14. The molecule has 0 N–H and O–H groups in total. The van der Waals surface area contributed by atoms with E-state index >= 15 is 0 Å². The van der Waals surface area contributed by atoms with Gasteiger partial charge in [-0.1, -0.05) is 157 Å². The van der Waals surface area contributed by atoms with Crippen LogP contribution in [-0.2, 0) is 12.0 Å². The Kier molecular flexibility index (Phi) is 10.8. The van der Waals surface area contributed by atoms with E-state index in [1.165, 1.54) is 81.2 Å². The fourth-order valence-electron chi connectivity index (χ4n) is 10.7. The average molecular weight is 791 g/mol. The molecule has 8 aromatic rings. The van der Waals surface area contributed by atoms with Crippen LogP contribution in [0.15, 0.2) is 144 Å². The summed E-state index contributed by atoms with van der Waals surface area (Å²) >= 11 is 0. The van der Waals surface area contributed by atoms with E-state index in [0.717, 1.165) is 52.7 Å². The fourth-order valence-corrected chi connectivity index (χ4v) is 10.7. The second-order valence-corrected chi connectivity index (χ2v) is 17.6. The molecule has 1 aliphatic rings. The van der Waals surface area contributed by atoms with Crippen molar-refractivity contribution in [2.75, 3.05) is 0 Å². The molecular weight excluding hydrogens is 731 g/mol. The first-order valence-corrected chi connectivity index (χ1v) is 22.6. The number of benzene rings is 5. The van der Waals surface area contributed by atoms with E-state index in [4.69, 9.17) is 9.40 Å². The number of furan rings is 1. The molecule has 0 radical (unpaired) electrons. The summed E-state index contributed by atoms with van der Waals surface area (Å²) in [5.41, 5.74) is 13.7. The van der Waals surface area contributed by atoms with Crippen LogP contribution < -0.4 is 4.57 Å². The average Bonchev–Trinajstić information content (AvgIpc) is 3.49. The minimum absolute atomic E-state index is 0.0673. The Morgan fingerprint density at radius 2 is 1.58 bits per heavy atom. The molecule has 304 valence electrons. The quantitative estimate of drug-likeness (QED) is 0.0625. The van der Waals surface area contributed by atoms with Crippen molar-refractivity contribution in [1.82, 2.24) is 9.55 Å². The molecule has 0 spiro atoms. The third kappa shape index (κ3) is 6.69. The lowest BCUT2D eigenvalue weighted by molar-refractivity contribution is -0.674. The van der Waals surface area contributed by atoms with Gasteiger partial charge in [-0.2, -0.15) is 4.57 Å². The lowest BCUT2D eigenvalue weighted by Gasteiger charge is -2.25. The third-order valence-corrected chi connectivity index (χ3v) is 13.8. The first-order valence-electron chi connectivity index (χ1n) is 22.6. The van der Waals surface area contributed by atoms with Crippen molar-refractivity contribution in [3.05, 3.63) is 162 Å². The van der Waals surface area contributed by atoms with Crippen molar-refractivity contribution in [1.29, 1.82) is 0 Å². The molecule has 60 heavy (non-hydrogen) atoms. The zero-order valence-electron chi connectivity index (χ0n) is 36.6. The standard InChI is InChI=1S/C56H60N3O/c1-8-11-12-20-38(6)43-26-19-25-42(37(4)5)53(43)59-34-32-57-55(59)46-24-15-17-27-48(46)56(10-3)47(9-2)49(56)31-33-58-36-41-22-14-13-21-40(41)35-50(58)52-39(7)29-30-45-44-23-16-18-28-51(44)60-54(45)52/h13-19,21-32,34-38,47H,8-12,20,33H2,1-7H3/q+1. The van der Waals surface area contributed by atoms with Crippen LogP contribution in [0.5, 0.6) is 0 Å². The number of hydrogen-bond acceptors (Lipinski definition) is 2. The van der Waals surface area contributed by atoms with E-state index < -0.39 is 0 Å². The molecule has 3 atom stereocenters. The van der Waals surface area contributed by atoms with E-state index in [9.17, 15) is 0 Å². The first-order chi connectivity index (χ1) is 29.3. The normalized spacial score (nSPS) is 17.7. The largest absolute Gasteiger partial charge is 0.455 e. The Morgan fingerprint density at radius 3 is 2.38 bits per heavy atom. The molecule has 9 rings (SSSR count). The number of unbranched alkanes of at least 4 members (excludes halogenated alkanes) is 2. The Bertz CT molecular complexity index is 2870.